The molecule has 12 nitrogen and oxygen atoms in total. The second-order valence-corrected chi connectivity index (χ2v) is 9.97. The number of benzene rings is 1. The fourth-order valence-electron chi connectivity index (χ4n) is 3.11. The van der Waals surface area contributed by atoms with E-state index in [1.54, 1.807) is 24.3 Å². The zero-order valence-corrected chi connectivity index (χ0v) is 18.4. The number of carbonyl (C=O) groups is 2. The van der Waals surface area contributed by atoms with E-state index in [9.17, 15) is 27.6 Å². The lowest BCUT2D eigenvalue weighted by Gasteiger charge is -2.33. The van der Waals surface area contributed by atoms with Gasteiger partial charge in [0.2, 0.25) is 10.2 Å². The number of aromatic nitrogens is 3. The minimum Gasteiger partial charge on any atom is -0.330 e. The number of sulfonamides is 1. The number of hydrogen-bond acceptors (Lipinski definition) is 8. The average molecular weight is 479 g/mol. The molecule has 1 aliphatic heterocycles. The van der Waals surface area contributed by atoms with Crippen LogP contribution in [0.2, 0.25) is 0 Å². The molecule has 2 aromatic heterocycles. The molecule has 2 N–H and O–H groups in total. The highest BCUT2D eigenvalue weighted by Gasteiger charge is 2.31. The van der Waals surface area contributed by atoms with Crippen molar-refractivity contribution in [2.75, 3.05) is 19.6 Å². The van der Waals surface area contributed by atoms with E-state index in [1.807, 2.05) is 0 Å². The van der Waals surface area contributed by atoms with Crippen molar-refractivity contribution in [3.05, 3.63) is 56.9 Å². The van der Waals surface area contributed by atoms with Gasteiger partial charge in [0.25, 0.3) is 21.5 Å². The first-order valence-corrected chi connectivity index (χ1v) is 11.7. The molecule has 14 heteroatoms. The number of hydrazine groups is 1. The molecule has 2 amide bonds. The molecule has 1 saturated heterocycles. The number of hydrogen-bond donors (Lipinski definition) is 2. The summed E-state index contributed by atoms with van der Waals surface area (Å²) < 4.78 is 26.9. The van der Waals surface area contributed by atoms with Gasteiger partial charge in [-0.3, -0.25) is 28.9 Å². The van der Waals surface area contributed by atoms with Gasteiger partial charge in [0.1, 0.15) is 13.1 Å². The van der Waals surface area contributed by atoms with Gasteiger partial charge in [-0.05, 0) is 19.1 Å². The number of aromatic amines is 1. The van der Waals surface area contributed by atoms with E-state index in [1.165, 1.54) is 18.0 Å². The van der Waals surface area contributed by atoms with Crippen LogP contribution in [0.3, 0.4) is 0 Å². The molecule has 0 spiro atoms. The van der Waals surface area contributed by atoms with Crippen molar-refractivity contribution in [1.82, 2.24) is 29.3 Å². The van der Waals surface area contributed by atoms with Crippen LogP contribution in [0.4, 0.5) is 0 Å². The minimum absolute atomic E-state index is 0.0595. The van der Waals surface area contributed by atoms with Crippen LogP contribution in [0.15, 0.2) is 44.4 Å². The molecular formula is C18H18N6O6S2. The lowest BCUT2D eigenvalue weighted by Crippen LogP contribution is -2.58. The van der Waals surface area contributed by atoms with Crippen LogP contribution in [0.5, 0.6) is 0 Å². The Hall–Kier alpha value is -3.36. The molecule has 1 aromatic carbocycles. The third-order valence-electron chi connectivity index (χ3n) is 4.80. The first kappa shape index (κ1) is 21.9. The van der Waals surface area contributed by atoms with E-state index in [0.717, 1.165) is 20.9 Å². The van der Waals surface area contributed by atoms with Crippen LogP contribution in [-0.2, 0) is 26.2 Å². The molecule has 3 aromatic rings. The molecule has 0 aliphatic carbocycles. The van der Waals surface area contributed by atoms with E-state index in [0.29, 0.717) is 10.2 Å². The van der Waals surface area contributed by atoms with Crippen LogP contribution >= 0.6 is 11.3 Å². The van der Waals surface area contributed by atoms with E-state index >= 15 is 0 Å². The number of H-pyrrole nitrogens is 1. The molecule has 32 heavy (non-hydrogen) atoms. The Kier molecular flexibility index (Phi) is 5.66. The molecule has 0 bridgehead atoms. The number of thiazole rings is 1. The zero-order chi connectivity index (χ0) is 23.0. The largest absolute Gasteiger partial charge is 0.330 e. The molecule has 1 aliphatic rings. The van der Waals surface area contributed by atoms with Crippen LogP contribution in [-0.4, -0.2) is 64.3 Å². The molecule has 0 atom stereocenters. The fourth-order valence-corrected chi connectivity index (χ4v) is 5.41. The van der Waals surface area contributed by atoms with Gasteiger partial charge in [-0.1, -0.05) is 12.1 Å². The molecule has 1 fully saturated rings. The summed E-state index contributed by atoms with van der Waals surface area (Å²) in [6.07, 6.45) is 1.27. The van der Waals surface area contributed by atoms with Crippen LogP contribution in [0, 0.1) is 6.92 Å². The van der Waals surface area contributed by atoms with Crippen molar-refractivity contribution in [3.8, 4) is 0 Å². The first-order valence-electron chi connectivity index (χ1n) is 9.40. The molecule has 4 rings (SSSR count). The first-order chi connectivity index (χ1) is 15.1. The minimum atomic E-state index is -4.08. The Morgan fingerprint density at radius 1 is 1.22 bits per heavy atom. The number of para-hydroxylation sites is 1. The average Bonchev–Trinajstić information content (AvgIpc) is 3.19. The van der Waals surface area contributed by atoms with Crippen molar-refractivity contribution in [1.29, 1.82) is 0 Å². The third kappa shape index (κ3) is 4.32. The number of piperazine rings is 1. The van der Waals surface area contributed by atoms with Crippen LogP contribution in [0.1, 0.15) is 5.56 Å². The van der Waals surface area contributed by atoms with Gasteiger partial charge >= 0.3 is 5.69 Å². The standard InChI is InChI=1S/C18H18N6O6S2/c1-11-8-23(17(28)20-16(11)27)9-14(25)22-6-7-24(15(26)10-22)21-32(29,30)18-19-12-4-2-3-5-13(12)31-18/h2-5,8,21H,6-7,9-10H2,1H3,(H,20,27,28). The Labute approximate surface area is 185 Å². The van der Waals surface area contributed by atoms with Gasteiger partial charge in [-0.15, -0.1) is 16.2 Å². The number of nitrogens with zero attached hydrogens (tertiary/aromatic N) is 4. The number of nitrogens with one attached hydrogen (secondary N) is 2. The van der Waals surface area contributed by atoms with E-state index in [4.69, 9.17) is 0 Å². The van der Waals surface area contributed by atoms with Crippen molar-refractivity contribution in [2.45, 2.75) is 17.8 Å². The highest BCUT2D eigenvalue weighted by Crippen LogP contribution is 2.25. The maximum Gasteiger partial charge on any atom is 0.328 e. The van der Waals surface area contributed by atoms with Crippen LogP contribution in [0.25, 0.3) is 10.2 Å². The number of carbonyl (C=O) groups excluding carboxylic acids is 2. The lowest BCUT2D eigenvalue weighted by molar-refractivity contribution is -0.146. The maximum absolute atomic E-state index is 12.7. The second-order valence-electron chi connectivity index (χ2n) is 7.10. The second kappa shape index (κ2) is 8.29. The predicted octanol–water partition coefficient (Wildman–Crippen LogP) is -0.981. The summed E-state index contributed by atoms with van der Waals surface area (Å²) in [5, 5.41) is 0.932. The van der Waals surface area contributed by atoms with Gasteiger partial charge in [0.15, 0.2) is 0 Å². The van der Waals surface area contributed by atoms with Crippen molar-refractivity contribution in [3.63, 3.8) is 0 Å². The monoisotopic (exact) mass is 478 g/mol. The summed E-state index contributed by atoms with van der Waals surface area (Å²) >= 11 is 0.983. The lowest BCUT2D eigenvalue weighted by atomic mass is 10.3. The topological polar surface area (TPSA) is 155 Å². The maximum atomic E-state index is 12.7. The summed E-state index contributed by atoms with van der Waals surface area (Å²) in [4.78, 5) is 58.0. The molecule has 0 unspecified atom stereocenters. The van der Waals surface area contributed by atoms with Crippen molar-refractivity contribution in [2.24, 2.45) is 0 Å². The van der Waals surface area contributed by atoms with Gasteiger partial charge in [0.05, 0.1) is 16.8 Å². The van der Waals surface area contributed by atoms with E-state index < -0.39 is 33.1 Å². The Balaban J connectivity index is 1.42. The molecule has 0 radical (unpaired) electrons. The molecule has 3 heterocycles. The van der Waals surface area contributed by atoms with Gasteiger partial charge in [0, 0.05) is 18.3 Å². The molecular weight excluding hydrogens is 460 g/mol. The SMILES string of the molecule is Cc1cn(CC(=O)N2CCN(NS(=O)(=O)c3nc4ccccc4s3)C(=O)C2)c(=O)[nH]c1=O. The molecule has 0 saturated carbocycles. The third-order valence-corrected chi connectivity index (χ3v) is 7.55. The van der Waals surface area contributed by atoms with Crippen molar-refractivity contribution < 1.29 is 18.0 Å². The fraction of sp³-hybridized carbons (Fsp3) is 0.278. The van der Waals surface area contributed by atoms with Gasteiger partial charge in [-0.25, -0.2) is 18.2 Å². The quantitative estimate of drug-likeness (QED) is 0.478. The molecule has 168 valence electrons. The van der Waals surface area contributed by atoms with Crippen LogP contribution < -0.4 is 16.1 Å². The zero-order valence-electron chi connectivity index (χ0n) is 16.8. The summed E-state index contributed by atoms with van der Waals surface area (Å²) in [7, 11) is -4.08. The summed E-state index contributed by atoms with van der Waals surface area (Å²) in [6.45, 7) is 0.761. The number of amides is 2. The van der Waals surface area contributed by atoms with Gasteiger partial charge < -0.3 is 4.90 Å². The number of fused-ring (bicyclic) bond motifs is 1. The van der Waals surface area contributed by atoms with E-state index in [2.05, 4.69) is 14.8 Å². The summed E-state index contributed by atoms with van der Waals surface area (Å²) in [6, 6.07) is 6.95. The smallest absolute Gasteiger partial charge is 0.328 e. The highest BCUT2D eigenvalue weighted by atomic mass is 32.2. The number of rotatable bonds is 5. The number of aryl methyl sites for hydroxylation is 1. The summed E-state index contributed by atoms with van der Waals surface area (Å²) in [5.74, 6) is -1.14. The Bertz CT molecular complexity index is 1410. The van der Waals surface area contributed by atoms with Gasteiger partial charge in [-0.2, -0.15) is 0 Å². The summed E-state index contributed by atoms with van der Waals surface area (Å²) in [5.41, 5.74) is -0.472. The Morgan fingerprint density at radius 3 is 2.69 bits per heavy atom. The van der Waals surface area contributed by atoms with E-state index in [-0.39, 0.29) is 36.1 Å². The van der Waals surface area contributed by atoms with Crippen molar-refractivity contribution >= 4 is 43.4 Å². The normalized spacial score (nSPS) is 14.8. The Morgan fingerprint density at radius 2 is 1.97 bits per heavy atom. The predicted molar refractivity (Wildman–Crippen MR) is 114 cm³/mol. The highest BCUT2D eigenvalue weighted by molar-refractivity contribution is 7.91.